The van der Waals surface area contributed by atoms with Gasteiger partial charge in [-0.15, -0.1) is 0 Å². The van der Waals surface area contributed by atoms with Gasteiger partial charge in [0, 0.05) is 12.2 Å². The Labute approximate surface area is 122 Å². The zero-order valence-electron chi connectivity index (χ0n) is 12.0. The van der Waals surface area contributed by atoms with Gasteiger partial charge in [-0.25, -0.2) is 0 Å². The van der Waals surface area contributed by atoms with E-state index in [0.29, 0.717) is 28.1 Å². The highest BCUT2D eigenvalue weighted by atomic mass is 79.9. The molecule has 0 bridgehead atoms. The number of ether oxygens (including phenoxy) is 3. The Morgan fingerprint density at radius 2 is 1.89 bits per heavy atom. The van der Waals surface area contributed by atoms with Crippen LogP contribution < -0.4 is 9.47 Å². The smallest absolute Gasteiger partial charge is 0.142 e. The van der Waals surface area contributed by atoms with Crippen LogP contribution in [0.4, 0.5) is 0 Å². The number of halogens is 1. The van der Waals surface area contributed by atoms with E-state index in [0.717, 1.165) is 0 Å². The van der Waals surface area contributed by atoms with Crippen molar-refractivity contribution >= 4 is 15.9 Å². The summed E-state index contributed by atoms with van der Waals surface area (Å²) in [5.41, 5.74) is -0.0376. The number of hydrogen-bond acceptors (Lipinski definition) is 4. The predicted molar refractivity (Wildman–Crippen MR) is 77.9 cm³/mol. The molecule has 1 aromatic carbocycles. The summed E-state index contributed by atoms with van der Waals surface area (Å²) in [5.74, 6) is 1.21. The minimum atomic E-state index is -0.801. The topological polar surface area (TPSA) is 47.9 Å². The normalized spacial score (nSPS) is 13.2. The standard InChI is InChI=1S/C14H21BrO4/c1-6-19-14(2,3)13(16)9-7-8-10(17-4)11(15)12(9)18-5/h7-8,13,16H,6H2,1-5H3. The molecule has 19 heavy (non-hydrogen) atoms. The molecule has 0 heterocycles. The van der Waals surface area contributed by atoms with Gasteiger partial charge in [0.15, 0.2) is 0 Å². The van der Waals surface area contributed by atoms with Crippen molar-refractivity contribution in [2.75, 3.05) is 20.8 Å². The minimum absolute atomic E-state index is 0.531. The molecule has 1 N–H and O–H groups in total. The maximum Gasteiger partial charge on any atom is 0.142 e. The van der Waals surface area contributed by atoms with Crippen molar-refractivity contribution < 1.29 is 19.3 Å². The first kappa shape index (κ1) is 16.3. The number of benzene rings is 1. The summed E-state index contributed by atoms with van der Waals surface area (Å²) >= 11 is 3.42. The van der Waals surface area contributed by atoms with Crippen molar-refractivity contribution in [3.8, 4) is 11.5 Å². The lowest BCUT2D eigenvalue weighted by atomic mass is 9.93. The molecule has 0 aliphatic heterocycles. The average molecular weight is 333 g/mol. The van der Waals surface area contributed by atoms with Crippen LogP contribution >= 0.6 is 15.9 Å². The maximum absolute atomic E-state index is 10.5. The molecule has 108 valence electrons. The summed E-state index contributed by atoms with van der Waals surface area (Å²) < 4.78 is 16.9. The van der Waals surface area contributed by atoms with Crippen molar-refractivity contribution in [3.05, 3.63) is 22.2 Å². The first-order chi connectivity index (χ1) is 8.88. The number of methoxy groups -OCH3 is 2. The third kappa shape index (κ3) is 3.41. The summed E-state index contributed by atoms with van der Waals surface area (Å²) in [6, 6.07) is 3.57. The molecule has 0 radical (unpaired) electrons. The van der Waals surface area contributed by atoms with Crippen LogP contribution in [0.1, 0.15) is 32.4 Å². The second-order valence-corrected chi connectivity index (χ2v) is 5.44. The molecular formula is C14H21BrO4. The Kier molecular flexibility index (Phi) is 5.64. The fourth-order valence-electron chi connectivity index (χ4n) is 1.96. The van der Waals surface area contributed by atoms with E-state index in [-0.39, 0.29) is 0 Å². The van der Waals surface area contributed by atoms with Crippen LogP contribution in [0.15, 0.2) is 16.6 Å². The van der Waals surface area contributed by atoms with Crippen molar-refractivity contribution in [2.24, 2.45) is 0 Å². The maximum atomic E-state index is 10.5. The lowest BCUT2D eigenvalue weighted by Gasteiger charge is -2.31. The van der Waals surface area contributed by atoms with Gasteiger partial charge >= 0.3 is 0 Å². The lowest BCUT2D eigenvalue weighted by molar-refractivity contribution is -0.0989. The number of aliphatic hydroxyl groups excluding tert-OH is 1. The molecule has 0 amide bonds. The number of aliphatic hydroxyl groups is 1. The first-order valence-electron chi connectivity index (χ1n) is 6.11. The minimum Gasteiger partial charge on any atom is -0.495 e. The monoisotopic (exact) mass is 332 g/mol. The van der Waals surface area contributed by atoms with Crippen LogP contribution in [0.25, 0.3) is 0 Å². The fourth-order valence-corrected chi connectivity index (χ4v) is 2.64. The van der Waals surface area contributed by atoms with Crippen LogP contribution in [0.5, 0.6) is 11.5 Å². The third-order valence-corrected chi connectivity index (χ3v) is 3.74. The van der Waals surface area contributed by atoms with Crippen molar-refractivity contribution in [1.29, 1.82) is 0 Å². The van der Waals surface area contributed by atoms with Crippen LogP contribution in [0, 0.1) is 0 Å². The summed E-state index contributed by atoms with van der Waals surface area (Å²) in [7, 11) is 3.14. The molecule has 0 fully saturated rings. The summed E-state index contributed by atoms with van der Waals surface area (Å²) in [5, 5.41) is 10.5. The van der Waals surface area contributed by atoms with Gasteiger partial charge in [0.25, 0.3) is 0 Å². The van der Waals surface area contributed by atoms with Crippen molar-refractivity contribution in [1.82, 2.24) is 0 Å². The molecule has 0 spiro atoms. The number of rotatable bonds is 6. The molecule has 0 aromatic heterocycles. The van der Waals surface area contributed by atoms with Gasteiger partial charge in [-0.05, 0) is 48.8 Å². The lowest BCUT2D eigenvalue weighted by Crippen LogP contribution is -2.33. The Bertz CT molecular complexity index is 432. The molecule has 1 rings (SSSR count). The van der Waals surface area contributed by atoms with E-state index in [1.807, 2.05) is 20.8 Å². The Hall–Kier alpha value is -0.780. The van der Waals surface area contributed by atoms with E-state index in [1.54, 1.807) is 26.4 Å². The highest BCUT2D eigenvalue weighted by Gasteiger charge is 2.32. The molecule has 4 nitrogen and oxygen atoms in total. The predicted octanol–water partition coefficient (Wildman–Crippen LogP) is 3.31. The van der Waals surface area contributed by atoms with Gasteiger partial charge in [0.05, 0.1) is 19.8 Å². The van der Waals surface area contributed by atoms with E-state index in [2.05, 4.69) is 15.9 Å². The molecule has 1 aromatic rings. The van der Waals surface area contributed by atoms with Crippen LogP contribution in [0.3, 0.4) is 0 Å². The first-order valence-corrected chi connectivity index (χ1v) is 6.90. The van der Waals surface area contributed by atoms with Gasteiger partial charge in [-0.3, -0.25) is 0 Å². The molecule has 0 saturated carbocycles. The highest BCUT2D eigenvalue weighted by Crippen LogP contribution is 2.42. The van der Waals surface area contributed by atoms with Crippen LogP contribution in [-0.4, -0.2) is 31.5 Å². The van der Waals surface area contributed by atoms with Gasteiger partial charge in [0.2, 0.25) is 0 Å². The zero-order chi connectivity index (χ0) is 14.6. The molecule has 0 aliphatic rings. The summed E-state index contributed by atoms with van der Waals surface area (Å²) in [6.07, 6.45) is -0.801. The molecule has 1 atom stereocenters. The van der Waals surface area contributed by atoms with E-state index >= 15 is 0 Å². The van der Waals surface area contributed by atoms with E-state index in [9.17, 15) is 5.11 Å². The quantitative estimate of drug-likeness (QED) is 0.868. The van der Waals surface area contributed by atoms with Crippen molar-refractivity contribution in [2.45, 2.75) is 32.5 Å². The molecular weight excluding hydrogens is 312 g/mol. The SMILES string of the molecule is CCOC(C)(C)C(O)c1ccc(OC)c(Br)c1OC. The molecule has 1 unspecified atom stereocenters. The van der Waals surface area contributed by atoms with Gasteiger partial charge in [-0.1, -0.05) is 0 Å². The highest BCUT2D eigenvalue weighted by molar-refractivity contribution is 9.10. The summed E-state index contributed by atoms with van der Waals surface area (Å²) in [4.78, 5) is 0. The van der Waals surface area contributed by atoms with Gasteiger partial charge in [0.1, 0.15) is 22.1 Å². The molecule has 0 aliphatic carbocycles. The fraction of sp³-hybridized carbons (Fsp3) is 0.571. The van der Waals surface area contributed by atoms with E-state index in [4.69, 9.17) is 14.2 Å². The van der Waals surface area contributed by atoms with Crippen LogP contribution in [0.2, 0.25) is 0 Å². The largest absolute Gasteiger partial charge is 0.495 e. The Morgan fingerprint density at radius 1 is 1.26 bits per heavy atom. The van der Waals surface area contributed by atoms with E-state index in [1.165, 1.54) is 0 Å². The second-order valence-electron chi connectivity index (χ2n) is 4.64. The summed E-state index contributed by atoms with van der Waals surface area (Å²) in [6.45, 7) is 6.12. The Morgan fingerprint density at radius 3 is 2.37 bits per heavy atom. The van der Waals surface area contributed by atoms with Crippen LogP contribution in [-0.2, 0) is 4.74 Å². The molecule has 0 saturated heterocycles. The Balaban J connectivity index is 3.23. The molecule has 5 heteroatoms. The van der Waals surface area contributed by atoms with E-state index < -0.39 is 11.7 Å². The average Bonchev–Trinajstić information content (AvgIpc) is 2.37. The van der Waals surface area contributed by atoms with Gasteiger partial charge in [-0.2, -0.15) is 0 Å². The zero-order valence-corrected chi connectivity index (χ0v) is 13.6. The van der Waals surface area contributed by atoms with Gasteiger partial charge < -0.3 is 19.3 Å². The second kappa shape index (κ2) is 6.59. The third-order valence-electron chi connectivity index (χ3n) is 2.99. The van der Waals surface area contributed by atoms with Crippen molar-refractivity contribution in [3.63, 3.8) is 0 Å². The number of hydrogen-bond donors (Lipinski definition) is 1.